The lowest BCUT2D eigenvalue weighted by atomic mass is 10.1. The van der Waals surface area contributed by atoms with Crippen molar-refractivity contribution in [2.45, 2.75) is 19.4 Å². The maximum atomic E-state index is 11.7. The van der Waals surface area contributed by atoms with E-state index in [0.29, 0.717) is 12.1 Å². The minimum absolute atomic E-state index is 0.0785. The van der Waals surface area contributed by atoms with E-state index in [1.54, 1.807) is 20.2 Å². The van der Waals surface area contributed by atoms with Gasteiger partial charge in [-0.05, 0) is 36.1 Å². The van der Waals surface area contributed by atoms with Gasteiger partial charge in [0.15, 0.2) is 5.96 Å². The minimum atomic E-state index is -0.0785. The molecular weight excluding hydrogens is 312 g/mol. The van der Waals surface area contributed by atoms with Crippen LogP contribution in [0.1, 0.15) is 27.9 Å². The molecule has 0 aliphatic carbocycles. The lowest BCUT2D eigenvalue weighted by Crippen LogP contribution is -2.37. The molecule has 132 valence electrons. The van der Waals surface area contributed by atoms with Crippen LogP contribution in [0, 0.1) is 0 Å². The molecule has 0 aromatic heterocycles. The molecule has 5 nitrogen and oxygen atoms in total. The highest BCUT2D eigenvalue weighted by molar-refractivity contribution is 5.94. The molecule has 2 aromatic carbocycles. The summed E-state index contributed by atoms with van der Waals surface area (Å²) in [7, 11) is 3.39. The van der Waals surface area contributed by atoms with Gasteiger partial charge in [-0.2, -0.15) is 0 Å². The Morgan fingerprint density at radius 2 is 1.76 bits per heavy atom. The van der Waals surface area contributed by atoms with E-state index in [0.717, 1.165) is 30.9 Å². The van der Waals surface area contributed by atoms with Crippen molar-refractivity contribution in [3.05, 3.63) is 71.3 Å². The van der Waals surface area contributed by atoms with E-state index < -0.39 is 0 Å². The van der Waals surface area contributed by atoms with Crippen LogP contribution in [-0.4, -0.2) is 32.5 Å². The lowest BCUT2D eigenvalue weighted by Gasteiger charge is -2.12. The second kappa shape index (κ2) is 10.1. The van der Waals surface area contributed by atoms with Crippen molar-refractivity contribution in [1.29, 1.82) is 0 Å². The van der Waals surface area contributed by atoms with Crippen molar-refractivity contribution in [2.75, 3.05) is 20.6 Å². The monoisotopic (exact) mass is 338 g/mol. The summed E-state index contributed by atoms with van der Waals surface area (Å²) in [6.45, 7) is 1.47. The van der Waals surface area contributed by atoms with Crippen LogP contribution in [-0.2, 0) is 13.0 Å². The molecule has 0 aliphatic heterocycles. The molecule has 0 spiro atoms. The molecule has 3 N–H and O–H groups in total. The lowest BCUT2D eigenvalue weighted by molar-refractivity contribution is 0.0963. The Kier molecular flexibility index (Phi) is 7.50. The molecule has 0 radical (unpaired) electrons. The van der Waals surface area contributed by atoms with E-state index in [-0.39, 0.29) is 5.91 Å². The van der Waals surface area contributed by atoms with Gasteiger partial charge in [-0.15, -0.1) is 0 Å². The molecule has 0 saturated heterocycles. The Morgan fingerprint density at radius 3 is 2.48 bits per heavy atom. The summed E-state index contributed by atoms with van der Waals surface area (Å²) in [6.07, 6.45) is 2.08. The molecule has 1 amide bonds. The summed E-state index contributed by atoms with van der Waals surface area (Å²) in [5.41, 5.74) is 3.04. The van der Waals surface area contributed by atoms with E-state index >= 15 is 0 Å². The number of nitrogens with one attached hydrogen (secondary N) is 3. The highest BCUT2D eigenvalue weighted by Gasteiger charge is 2.04. The summed E-state index contributed by atoms with van der Waals surface area (Å²) in [4.78, 5) is 15.9. The van der Waals surface area contributed by atoms with Crippen molar-refractivity contribution in [3.8, 4) is 0 Å². The van der Waals surface area contributed by atoms with Crippen LogP contribution in [0.2, 0.25) is 0 Å². The number of hydrogen-bond donors (Lipinski definition) is 3. The fourth-order valence-corrected chi connectivity index (χ4v) is 2.52. The Labute approximate surface area is 149 Å². The number of rotatable bonds is 7. The number of aliphatic imine (C=N–C) groups is 1. The normalized spacial score (nSPS) is 11.0. The van der Waals surface area contributed by atoms with E-state index in [2.05, 4.69) is 45.2 Å². The maximum Gasteiger partial charge on any atom is 0.251 e. The average Bonchev–Trinajstić information content (AvgIpc) is 2.67. The molecule has 0 atom stereocenters. The Morgan fingerprint density at radius 1 is 1.00 bits per heavy atom. The highest BCUT2D eigenvalue weighted by Crippen LogP contribution is 2.05. The van der Waals surface area contributed by atoms with Crippen LogP contribution in [0.4, 0.5) is 0 Å². The molecule has 0 unspecified atom stereocenters. The number of benzene rings is 2. The van der Waals surface area contributed by atoms with Crippen LogP contribution < -0.4 is 16.0 Å². The van der Waals surface area contributed by atoms with Gasteiger partial charge < -0.3 is 16.0 Å². The summed E-state index contributed by atoms with van der Waals surface area (Å²) in [6, 6.07) is 18.0. The number of carbonyl (C=O) groups is 1. The van der Waals surface area contributed by atoms with Crippen molar-refractivity contribution in [2.24, 2.45) is 4.99 Å². The van der Waals surface area contributed by atoms with Crippen molar-refractivity contribution >= 4 is 11.9 Å². The first-order valence-corrected chi connectivity index (χ1v) is 8.52. The number of nitrogens with zero attached hydrogens (tertiary/aromatic N) is 1. The van der Waals surface area contributed by atoms with Gasteiger partial charge in [0.05, 0.1) is 0 Å². The van der Waals surface area contributed by atoms with Crippen molar-refractivity contribution in [1.82, 2.24) is 16.0 Å². The van der Waals surface area contributed by atoms with Crippen molar-refractivity contribution in [3.63, 3.8) is 0 Å². The molecule has 0 bridgehead atoms. The zero-order valence-corrected chi connectivity index (χ0v) is 14.9. The smallest absolute Gasteiger partial charge is 0.251 e. The number of carbonyl (C=O) groups excluding carboxylic acids is 1. The van der Waals surface area contributed by atoms with Crippen LogP contribution in [0.25, 0.3) is 0 Å². The molecule has 0 fully saturated rings. The van der Waals surface area contributed by atoms with Gasteiger partial charge in [0.25, 0.3) is 5.91 Å². The topological polar surface area (TPSA) is 65.5 Å². The van der Waals surface area contributed by atoms with Gasteiger partial charge in [0.2, 0.25) is 0 Å². The third-order valence-corrected chi connectivity index (χ3v) is 3.88. The summed E-state index contributed by atoms with van der Waals surface area (Å²) < 4.78 is 0. The van der Waals surface area contributed by atoms with Crippen LogP contribution in [0.5, 0.6) is 0 Å². The molecule has 2 aromatic rings. The van der Waals surface area contributed by atoms with Crippen LogP contribution in [0.3, 0.4) is 0 Å². The van der Waals surface area contributed by atoms with Crippen molar-refractivity contribution < 1.29 is 4.79 Å². The molecule has 0 aliphatic rings. The Balaban J connectivity index is 1.76. The first-order valence-electron chi connectivity index (χ1n) is 8.52. The largest absolute Gasteiger partial charge is 0.356 e. The zero-order valence-electron chi connectivity index (χ0n) is 14.9. The average molecular weight is 338 g/mol. The van der Waals surface area contributed by atoms with Crippen LogP contribution >= 0.6 is 0 Å². The zero-order chi connectivity index (χ0) is 17.9. The fourth-order valence-electron chi connectivity index (χ4n) is 2.52. The van der Waals surface area contributed by atoms with E-state index in [9.17, 15) is 4.79 Å². The standard InChI is InChI=1S/C20H26N4O/c1-21-19(25)18-12-6-10-17(14-18)15-24-20(22-2)23-13-7-11-16-8-4-3-5-9-16/h3-6,8-10,12,14H,7,11,13,15H2,1-2H3,(H,21,25)(H2,22,23,24). The maximum absolute atomic E-state index is 11.7. The third kappa shape index (κ3) is 6.30. The van der Waals surface area contributed by atoms with E-state index in [1.165, 1.54) is 5.56 Å². The molecule has 0 saturated carbocycles. The SMILES string of the molecule is CN=C(NCCCc1ccccc1)NCc1cccc(C(=O)NC)c1. The number of amides is 1. The molecular formula is C20H26N4O. The summed E-state index contributed by atoms with van der Waals surface area (Å²) in [5, 5.41) is 9.23. The minimum Gasteiger partial charge on any atom is -0.356 e. The predicted octanol–water partition coefficient (Wildman–Crippen LogP) is 2.34. The molecule has 25 heavy (non-hydrogen) atoms. The van der Waals surface area contributed by atoms with E-state index in [1.807, 2.05) is 24.3 Å². The van der Waals surface area contributed by atoms with E-state index in [4.69, 9.17) is 0 Å². The quantitative estimate of drug-likeness (QED) is 0.412. The molecule has 5 heteroatoms. The van der Waals surface area contributed by atoms with Gasteiger partial charge in [-0.25, -0.2) is 0 Å². The summed E-state index contributed by atoms with van der Waals surface area (Å²) in [5.74, 6) is 0.684. The number of guanidine groups is 1. The number of aryl methyl sites for hydroxylation is 1. The van der Waals surface area contributed by atoms with Gasteiger partial charge in [-0.1, -0.05) is 42.5 Å². The first-order chi connectivity index (χ1) is 12.2. The van der Waals surface area contributed by atoms with Gasteiger partial charge in [0, 0.05) is 32.7 Å². The molecule has 2 rings (SSSR count). The third-order valence-electron chi connectivity index (χ3n) is 3.88. The van der Waals surface area contributed by atoms with Crippen LogP contribution in [0.15, 0.2) is 59.6 Å². The van der Waals surface area contributed by atoms with Gasteiger partial charge in [-0.3, -0.25) is 9.79 Å². The Bertz CT molecular complexity index is 698. The fraction of sp³-hybridized carbons (Fsp3) is 0.300. The first kappa shape index (κ1) is 18.5. The summed E-state index contributed by atoms with van der Waals surface area (Å²) >= 11 is 0. The highest BCUT2D eigenvalue weighted by atomic mass is 16.1. The Hall–Kier alpha value is -2.82. The second-order valence-electron chi connectivity index (χ2n) is 5.72. The second-order valence-corrected chi connectivity index (χ2v) is 5.72. The number of hydrogen-bond acceptors (Lipinski definition) is 2. The van der Waals surface area contributed by atoms with Gasteiger partial charge in [0.1, 0.15) is 0 Å². The molecule has 0 heterocycles. The van der Waals surface area contributed by atoms with Gasteiger partial charge >= 0.3 is 0 Å². The predicted molar refractivity (Wildman–Crippen MR) is 103 cm³/mol.